The first-order valence-corrected chi connectivity index (χ1v) is 5.62. The maximum atomic E-state index is 9.58. The molecule has 1 heterocycles. The van der Waals surface area contributed by atoms with Gasteiger partial charge in [0, 0.05) is 13.2 Å². The first-order chi connectivity index (χ1) is 6.36. The van der Waals surface area contributed by atoms with Gasteiger partial charge in [0.05, 0.1) is 6.10 Å². The fourth-order valence-electron chi connectivity index (χ4n) is 2.82. The standard InChI is InChI=1S/C11H20O2/c12-11-3-1-2-10(8-11)9-4-6-13-7-5-9/h9-12H,1-8H2/t10-,11+/m0/s1. The molecule has 0 aromatic carbocycles. The lowest BCUT2D eigenvalue weighted by Crippen LogP contribution is -2.29. The van der Waals surface area contributed by atoms with Crippen molar-refractivity contribution in [1.29, 1.82) is 0 Å². The van der Waals surface area contributed by atoms with Crippen LogP contribution in [0.25, 0.3) is 0 Å². The third kappa shape index (κ3) is 2.44. The normalized spacial score (nSPS) is 37.6. The molecule has 1 aliphatic carbocycles. The average molecular weight is 184 g/mol. The molecular weight excluding hydrogens is 164 g/mol. The van der Waals surface area contributed by atoms with Crippen LogP contribution in [0.3, 0.4) is 0 Å². The minimum Gasteiger partial charge on any atom is -0.393 e. The zero-order valence-electron chi connectivity index (χ0n) is 8.24. The van der Waals surface area contributed by atoms with Gasteiger partial charge < -0.3 is 9.84 Å². The first-order valence-electron chi connectivity index (χ1n) is 5.62. The molecule has 2 heteroatoms. The van der Waals surface area contributed by atoms with Crippen LogP contribution in [0.4, 0.5) is 0 Å². The van der Waals surface area contributed by atoms with E-state index in [-0.39, 0.29) is 6.10 Å². The van der Waals surface area contributed by atoms with Gasteiger partial charge in [0.2, 0.25) is 0 Å². The van der Waals surface area contributed by atoms with E-state index in [4.69, 9.17) is 4.74 Å². The minimum atomic E-state index is -0.0124. The van der Waals surface area contributed by atoms with Gasteiger partial charge in [-0.15, -0.1) is 0 Å². The van der Waals surface area contributed by atoms with Crippen molar-refractivity contribution in [2.75, 3.05) is 13.2 Å². The summed E-state index contributed by atoms with van der Waals surface area (Å²) in [5, 5.41) is 9.58. The monoisotopic (exact) mass is 184 g/mol. The molecule has 2 fully saturated rings. The maximum absolute atomic E-state index is 9.58. The van der Waals surface area contributed by atoms with Gasteiger partial charge in [-0.1, -0.05) is 6.42 Å². The lowest BCUT2D eigenvalue weighted by molar-refractivity contribution is 0.0165. The summed E-state index contributed by atoms with van der Waals surface area (Å²) in [6.07, 6.45) is 7.06. The zero-order valence-corrected chi connectivity index (χ0v) is 8.24. The highest BCUT2D eigenvalue weighted by Gasteiger charge is 2.28. The molecule has 0 aromatic heterocycles. The molecule has 2 atom stereocenters. The summed E-state index contributed by atoms with van der Waals surface area (Å²) in [5.74, 6) is 1.62. The van der Waals surface area contributed by atoms with Crippen LogP contribution in [-0.2, 0) is 4.74 Å². The SMILES string of the molecule is O[C@@H]1CCC[C@H](C2CCOCC2)C1. The van der Waals surface area contributed by atoms with Crippen molar-refractivity contribution in [2.24, 2.45) is 11.8 Å². The van der Waals surface area contributed by atoms with Crippen molar-refractivity contribution < 1.29 is 9.84 Å². The van der Waals surface area contributed by atoms with Gasteiger partial charge in [0.15, 0.2) is 0 Å². The van der Waals surface area contributed by atoms with E-state index in [1.165, 1.54) is 25.7 Å². The highest BCUT2D eigenvalue weighted by atomic mass is 16.5. The topological polar surface area (TPSA) is 29.5 Å². The molecule has 0 radical (unpaired) electrons. The molecule has 0 bridgehead atoms. The van der Waals surface area contributed by atoms with E-state index < -0.39 is 0 Å². The van der Waals surface area contributed by atoms with Crippen molar-refractivity contribution in [3.05, 3.63) is 0 Å². The molecule has 2 nitrogen and oxygen atoms in total. The quantitative estimate of drug-likeness (QED) is 0.675. The van der Waals surface area contributed by atoms with Crippen LogP contribution in [0.1, 0.15) is 38.5 Å². The van der Waals surface area contributed by atoms with Gasteiger partial charge >= 0.3 is 0 Å². The van der Waals surface area contributed by atoms with Gasteiger partial charge in [0.1, 0.15) is 0 Å². The Bertz CT molecular complexity index is 152. The van der Waals surface area contributed by atoms with Crippen molar-refractivity contribution in [3.63, 3.8) is 0 Å². The number of ether oxygens (including phenoxy) is 1. The summed E-state index contributed by atoms with van der Waals surface area (Å²) in [4.78, 5) is 0. The highest BCUT2D eigenvalue weighted by Crippen LogP contribution is 2.35. The fourth-order valence-corrected chi connectivity index (χ4v) is 2.82. The summed E-state index contributed by atoms with van der Waals surface area (Å²) in [6, 6.07) is 0. The molecule has 1 N–H and O–H groups in total. The number of hydrogen-bond donors (Lipinski definition) is 1. The molecule has 0 aromatic rings. The number of rotatable bonds is 1. The van der Waals surface area contributed by atoms with Gasteiger partial charge in [-0.25, -0.2) is 0 Å². The molecule has 1 aliphatic heterocycles. The summed E-state index contributed by atoms with van der Waals surface area (Å²) in [5.41, 5.74) is 0. The van der Waals surface area contributed by atoms with E-state index in [1.54, 1.807) is 0 Å². The molecule has 1 saturated heterocycles. The Morgan fingerprint density at radius 1 is 0.923 bits per heavy atom. The van der Waals surface area contributed by atoms with Crippen molar-refractivity contribution in [2.45, 2.75) is 44.6 Å². The summed E-state index contributed by atoms with van der Waals surface area (Å²) in [7, 11) is 0. The largest absolute Gasteiger partial charge is 0.393 e. The Balaban J connectivity index is 1.83. The van der Waals surface area contributed by atoms with Crippen molar-refractivity contribution >= 4 is 0 Å². The third-order valence-electron chi connectivity index (χ3n) is 3.62. The molecule has 2 aliphatic rings. The molecule has 2 rings (SSSR count). The zero-order chi connectivity index (χ0) is 9.10. The first kappa shape index (κ1) is 9.47. The van der Waals surface area contributed by atoms with Gasteiger partial charge in [-0.05, 0) is 43.9 Å². The van der Waals surface area contributed by atoms with Crippen molar-refractivity contribution in [1.82, 2.24) is 0 Å². The van der Waals surface area contributed by atoms with E-state index in [0.717, 1.165) is 37.9 Å². The lowest BCUT2D eigenvalue weighted by Gasteiger charge is -2.34. The predicted octanol–water partition coefficient (Wildman–Crippen LogP) is 1.96. The molecule has 76 valence electrons. The summed E-state index contributed by atoms with van der Waals surface area (Å²) < 4.78 is 5.35. The molecular formula is C11H20O2. The smallest absolute Gasteiger partial charge is 0.0543 e. The van der Waals surface area contributed by atoms with E-state index in [9.17, 15) is 5.11 Å². The lowest BCUT2D eigenvalue weighted by atomic mass is 9.76. The Kier molecular flexibility index (Phi) is 3.23. The Morgan fingerprint density at radius 2 is 1.69 bits per heavy atom. The van der Waals surface area contributed by atoms with Crippen LogP contribution < -0.4 is 0 Å². The summed E-state index contributed by atoms with van der Waals surface area (Å²) in [6.45, 7) is 1.88. The molecule has 0 spiro atoms. The molecule has 13 heavy (non-hydrogen) atoms. The van der Waals surface area contributed by atoms with Crippen LogP contribution in [0.5, 0.6) is 0 Å². The minimum absolute atomic E-state index is 0.0124. The predicted molar refractivity (Wildman–Crippen MR) is 51.5 cm³/mol. The van der Waals surface area contributed by atoms with Gasteiger partial charge in [-0.3, -0.25) is 0 Å². The third-order valence-corrected chi connectivity index (χ3v) is 3.62. The summed E-state index contributed by atoms with van der Waals surface area (Å²) >= 11 is 0. The second-order valence-electron chi connectivity index (χ2n) is 4.53. The number of hydrogen-bond acceptors (Lipinski definition) is 2. The van der Waals surface area contributed by atoms with Gasteiger partial charge in [0.25, 0.3) is 0 Å². The number of aliphatic hydroxyl groups excluding tert-OH is 1. The number of aliphatic hydroxyl groups is 1. The second kappa shape index (κ2) is 4.43. The van der Waals surface area contributed by atoms with Crippen LogP contribution in [0.15, 0.2) is 0 Å². The van der Waals surface area contributed by atoms with Crippen LogP contribution >= 0.6 is 0 Å². The molecule has 0 amide bonds. The Hall–Kier alpha value is -0.0800. The molecule has 1 saturated carbocycles. The Morgan fingerprint density at radius 3 is 2.38 bits per heavy atom. The Labute approximate surface area is 80.3 Å². The fraction of sp³-hybridized carbons (Fsp3) is 1.00. The van der Waals surface area contributed by atoms with E-state index in [0.29, 0.717) is 0 Å². The van der Waals surface area contributed by atoms with Crippen LogP contribution in [-0.4, -0.2) is 24.4 Å². The molecule has 0 unspecified atom stereocenters. The van der Waals surface area contributed by atoms with Crippen molar-refractivity contribution in [3.8, 4) is 0 Å². The van der Waals surface area contributed by atoms with E-state index in [2.05, 4.69) is 0 Å². The van der Waals surface area contributed by atoms with E-state index >= 15 is 0 Å². The highest BCUT2D eigenvalue weighted by molar-refractivity contribution is 4.79. The van der Waals surface area contributed by atoms with Crippen LogP contribution in [0.2, 0.25) is 0 Å². The van der Waals surface area contributed by atoms with E-state index in [1.807, 2.05) is 0 Å². The average Bonchev–Trinajstić information content (AvgIpc) is 2.19. The second-order valence-corrected chi connectivity index (χ2v) is 4.53. The van der Waals surface area contributed by atoms with Gasteiger partial charge in [-0.2, -0.15) is 0 Å². The maximum Gasteiger partial charge on any atom is 0.0543 e. The van der Waals surface area contributed by atoms with Crippen LogP contribution in [0, 0.1) is 11.8 Å².